The van der Waals surface area contributed by atoms with E-state index in [9.17, 15) is 4.79 Å². The average Bonchev–Trinajstić information content (AvgIpc) is 2.81. The molecule has 1 atom stereocenters. The van der Waals surface area contributed by atoms with E-state index >= 15 is 0 Å². The Morgan fingerprint density at radius 1 is 1.50 bits per heavy atom. The predicted octanol–water partition coefficient (Wildman–Crippen LogP) is 1.72. The summed E-state index contributed by atoms with van der Waals surface area (Å²) >= 11 is 1.63. The molecule has 3 N–H and O–H groups in total. The summed E-state index contributed by atoms with van der Waals surface area (Å²) in [7, 11) is 0. The molecule has 0 fully saturated rings. The summed E-state index contributed by atoms with van der Waals surface area (Å²) in [6, 6.07) is 1.62. The van der Waals surface area contributed by atoms with E-state index in [0.717, 1.165) is 21.3 Å². The molecule has 0 saturated carbocycles. The first kappa shape index (κ1) is 14.5. The van der Waals surface area contributed by atoms with E-state index in [0.29, 0.717) is 5.82 Å². The summed E-state index contributed by atoms with van der Waals surface area (Å²) in [4.78, 5) is 17.6. The SMILES string of the molecule is Cc1cc(N)n(CC(=O)N[C@H](C)c2nc(C)sc2C)n1. The van der Waals surface area contributed by atoms with Crippen LogP contribution in [0.1, 0.15) is 34.2 Å². The summed E-state index contributed by atoms with van der Waals surface area (Å²) < 4.78 is 1.50. The molecule has 0 saturated heterocycles. The van der Waals surface area contributed by atoms with E-state index in [2.05, 4.69) is 15.4 Å². The lowest BCUT2D eigenvalue weighted by Crippen LogP contribution is -2.31. The maximum Gasteiger partial charge on any atom is 0.242 e. The Morgan fingerprint density at radius 2 is 2.20 bits per heavy atom. The molecule has 2 heterocycles. The van der Waals surface area contributed by atoms with Gasteiger partial charge >= 0.3 is 0 Å². The normalized spacial score (nSPS) is 12.4. The zero-order valence-electron chi connectivity index (χ0n) is 12.1. The van der Waals surface area contributed by atoms with E-state index in [4.69, 9.17) is 5.73 Å². The lowest BCUT2D eigenvalue weighted by Gasteiger charge is -2.13. The van der Waals surface area contributed by atoms with Crippen LogP contribution >= 0.6 is 11.3 Å². The van der Waals surface area contributed by atoms with Crippen LogP contribution in [-0.4, -0.2) is 20.7 Å². The number of nitrogen functional groups attached to an aromatic ring is 1. The minimum Gasteiger partial charge on any atom is -0.384 e. The van der Waals surface area contributed by atoms with Gasteiger partial charge in [0.05, 0.1) is 22.4 Å². The Morgan fingerprint density at radius 3 is 2.70 bits per heavy atom. The van der Waals surface area contributed by atoms with Gasteiger partial charge in [-0.25, -0.2) is 9.67 Å². The van der Waals surface area contributed by atoms with Gasteiger partial charge in [-0.15, -0.1) is 11.3 Å². The molecule has 0 bridgehead atoms. The Balaban J connectivity index is 2.01. The summed E-state index contributed by atoms with van der Waals surface area (Å²) in [5.74, 6) is 0.364. The highest BCUT2D eigenvalue weighted by Gasteiger charge is 2.16. The van der Waals surface area contributed by atoms with Crippen LogP contribution < -0.4 is 11.1 Å². The third kappa shape index (κ3) is 3.16. The van der Waals surface area contributed by atoms with Gasteiger partial charge in [0.25, 0.3) is 0 Å². The number of aromatic nitrogens is 3. The van der Waals surface area contributed by atoms with Gasteiger partial charge in [-0.1, -0.05) is 0 Å². The van der Waals surface area contributed by atoms with E-state index in [1.54, 1.807) is 17.4 Å². The van der Waals surface area contributed by atoms with Crippen molar-refractivity contribution in [2.24, 2.45) is 0 Å². The molecular weight excluding hydrogens is 274 g/mol. The van der Waals surface area contributed by atoms with Gasteiger partial charge < -0.3 is 11.1 Å². The van der Waals surface area contributed by atoms with E-state index < -0.39 is 0 Å². The average molecular weight is 293 g/mol. The number of hydrogen-bond acceptors (Lipinski definition) is 5. The molecule has 0 aromatic carbocycles. The van der Waals surface area contributed by atoms with Crippen LogP contribution in [0.3, 0.4) is 0 Å². The summed E-state index contributed by atoms with van der Waals surface area (Å²) in [5, 5.41) is 8.10. The molecule has 2 aromatic heterocycles. The zero-order chi connectivity index (χ0) is 14.9. The lowest BCUT2D eigenvalue weighted by atomic mass is 10.2. The molecule has 0 unspecified atom stereocenters. The molecular formula is C13H19N5OS. The number of rotatable bonds is 4. The molecule has 2 aromatic rings. The quantitative estimate of drug-likeness (QED) is 0.899. The Labute approximate surface area is 122 Å². The van der Waals surface area contributed by atoms with Gasteiger partial charge in [-0.3, -0.25) is 4.79 Å². The Hall–Kier alpha value is -1.89. The van der Waals surface area contributed by atoms with Crippen molar-refractivity contribution in [3.8, 4) is 0 Å². The van der Waals surface area contributed by atoms with Gasteiger partial charge in [0.1, 0.15) is 12.4 Å². The summed E-state index contributed by atoms with van der Waals surface area (Å²) in [6.45, 7) is 7.86. The van der Waals surface area contributed by atoms with Crippen molar-refractivity contribution in [3.63, 3.8) is 0 Å². The highest BCUT2D eigenvalue weighted by molar-refractivity contribution is 7.11. The van der Waals surface area contributed by atoms with Crippen LogP contribution in [0, 0.1) is 20.8 Å². The molecule has 6 nitrogen and oxygen atoms in total. The predicted molar refractivity (Wildman–Crippen MR) is 79.5 cm³/mol. The van der Waals surface area contributed by atoms with Crippen molar-refractivity contribution in [2.75, 3.05) is 5.73 Å². The highest BCUT2D eigenvalue weighted by atomic mass is 32.1. The number of nitrogens with two attached hydrogens (primary N) is 1. The molecule has 7 heteroatoms. The van der Waals surface area contributed by atoms with E-state index in [-0.39, 0.29) is 18.5 Å². The van der Waals surface area contributed by atoms with Crippen LogP contribution in [0.25, 0.3) is 0 Å². The van der Waals surface area contributed by atoms with Crippen molar-refractivity contribution < 1.29 is 4.79 Å². The number of amides is 1. The Kier molecular flexibility index (Phi) is 4.08. The third-order valence-corrected chi connectivity index (χ3v) is 3.86. The Bertz CT molecular complexity index is 631. The van der Waals surface area contributed by atoms with Crippen molar-refractivity contribution in [2.45, 2.75) is 40.3 Å². The maximum absolute atomic E-state index is 12.0. The van der Waals surface area contributed by atoms with Crippen LogP contribution in [0.4, 0.5) is 5.82 Å². The second-order valence-electron chi connectivity index (χ2n) is 4.83. The monoisotopic (exact) mass is 293 g/mol. The van der Waals surface area contributed by atoms with Crippen LogP contribution in [-0.2, 0) is 11.3 Å². The fourth-order valence-corrected chi connectivity index (χ4v) is 3.04. The molecule has 1 amide bonds. The number of hydrogen-bond donors (Lipinski definition) is 2. The number of nitrogens with zero attached hydrogens (tertiary/aromatic N) is 3. The first-order valence-corrected chi connectivity index (χ1v) is 7.21. The minimum absolute atomic E-state index is 0.117. The van der Waals surface area contributed by atoms with Crippen LogP contribution in [0.5, 0.6) is 0 Å². The van der Waals surface area contributed by atoms with Crippen molar-refractivity contribution in [3.05, 3.63) is 27.3 Å². The number of nitrogens with one attached hydrogen (secondary N) is 1. The number of carbonyl (C=O) groups excluding carboxylic acids is 1. The van der Waals surface area contributed by atoms with Crippen molar-refractivity contribution in [1.29, 1.82) is 0 Å². The first-order chi connectivity index (χ1) is 9.36. The fourth-order valence-electron chi connectivity index (χ4n) is 2.13. The van der Waals surface area contributed by atoms with Crippen LogP contribution in [0.15, 0.2) is 6.07 Å². The molecule has 0 radical (unpaired) electrons. The fraction of sp³-hybridized carbons (Fsp3) is 0.462. The standard InChI is InChI=1S/C13H19N5OS/c1-7-5-11(14)18(17-7)6-12(19)15-8(2)13-9(3)20-10(4)16-13/h5,8H,6,14H2,1-4H3,(H,15,19)/t8-/m1/s1. The topological polar surface area (TPSA) is 85.8 Å². The second kappa shape index (κ2) is 5.62. The maximum atomic E-state index is 12.0. The van der Waals surface area contributed by atoms with Gasteiger partial charge in [-0.2, -0.15) is 5.10 Å². The number of thiazole rings is 1. The largest absolute Gasteiger partial charge is 0.384 e. The first-order valence-electron chi connectivity index (χ1n) is 6.40. The molecule has 0 aliphatic carbocycles. The molecule has 0 aliphatic heterocycles. The number of anilines is 1. The molecule has 108 valence electrons. The van der Waals surface area contributed by atoms with Gasteiger partial charge in [-0.05, 0) is 27.7 Å². The molecule has 20 heavy (non-hydrogen) atoms. The van der Waals surface area contributed by atoms with E-state index in [1.807, 2.05) is 27.7 Å². The third-order valence-electron chi connectivity index (χ3n) is 2.95. The molecule has 2 rings (SSSR count). The van der Waals surface area contributed by atoms with Crippen molar-refractivity contribution >= 4 is 23.1 Å². The number of carbonyl (C=O) groups is 1. The molecule has 0 aliphatic rings. The van der Waals surface area contributed by atoms with Gasteiger partial charge in [0.15, 0.2) is 0 Å². The highest BCUT2D eigenvalue weighted by Crippen LogP contribution is 2.22. The smallest absolute Gasteiger partial charge is 0.242 e. The van der Waals surface area contributed by atoms with E-state index in [1.165, 1.54) is 4.68 Å². The van der Waals surface area contributed by atoms with Crippen molar-refractivity contribution in [1.82, 2.24) is 20.1 Å². The lowest BCUT2D eigenvalue weighted by molar-refractivity contribution is -0.122. The van der Waals surface area contributed by atoms with Crippen LogP contribution in [0.2, 0.25) is 0 Å². The minimum atomic E-state index is -0.127. The zero-order valence-corrected chi connectivity index (χ0v) is 12.9. The summed E-state index contributed by atoms with van der Waals surface area (Å²) in [6.07, 6.45) is 0. The van der Waals surface area contributed by atoms with Gasteiger partial charge in [0.2, 0.25) is 5.91 Å². The second-order valence-corrected chi connectivity index (χ2v) is 6.24. The molecule has 0 spiro atoms. The van der Waals surface area contributed by atoms with Gasteiger partial charge in [0, 0.05) is 10.9 Å². The summed E-state index contributed by atoms with van der Waals surface area (Å²) in [5.41, 5.74) is 7.49. The number of aryl methyl sites for hydroxylation is 3.